The lowest BCUT2D eigenvalue weighted by molar-refractivity contribution is 0.311. The third kappa shape index (κ3) is 2.13. The standard InChI is InChI=1S/C9H13NO2/c1-7-6-8(12)2-3-9(7)10-4-5-11/h2-3,6,10-12H,4-5H2,1H3. The van der Waals surface area contributed by atoms with Crippen LogP contribution in [0.5, 0.6) is 5.75 Å². The van der Waals surface area contributed by atoms with Crippen LogP contribution in [0, 0.1) is 6.92 Å². The summed E-state index contributed by atoms with van der Waals surface area (Å²) in [5.74, 6) is 0.266. The predicted molar refractivity (Wildman–Crippen MR) is 48.4 cm³/mol. The van der Waals surface area contributed by atoms with Gasteiger partial charge in [0.25, 0.3) is 0 Å². The largest absolute Gasteiger partial charge is 0.508 e. The van der Waals surface area contributed by atoms with Crippen molar-refractivity contribution in [3.8, 4) is 5.75 Å². The molecule has 0 atom stereocenters. The Hall–Kier alpha value is -1.22. The highest BCUT2D eigenvalue weighted by atomic mass is 16.3. The maximum absolute atomic E-state index is 9.09. The molecular weight excluding hydrogens is 154 g/mol. The number of rotatable bonds is 3. The fourth-order valence-electron chi connectivity index (χ4n) is 1.04. The maximum Gasteiger partial charge on any atom is 0.115 e. The Morgan fingerprint density at radius 2 is 2.17 bits per heavy atom. The quantitative estimate of drug-likeness (QED) is 0.591. The van der Waals surface area contributed by atoms with Crippen LogP contribution in [-0.2, 0) is 0 Å². The molecule has 12 heavy (non-hydrogen) atoms. The minimum Gasteiger partial charge on any atom is -0.508 e. The van der Waals surface area contributed by atoms with E-state index < -0.39 is 0 Å². The minimum absolute atomic E-state index is 0.111. The molecular formula is C9H13NO2. The lowest BCUT2D eigenvalue weighted by Crippen LogP contribution is -2.06. The summed E-state index contributed by atoms with van der Waals surface area (Å²) in [4.78, 5) is 0. The molecule has 0 unspecified atom stereocenters. The molecule has 3 N–H and O–H groups in total. The fraction of sp³-hybridized carbons (Fsp3) is 0.333. The molecule has 3 heteroatoms. The van der Waals surface area contributed by atoms with Crippen molar-refractivity contribution in [3.05, 3.63) is 23.8 Å². The second kappa shape index (κ2) is 3.97. The van der Waals surface area contributed by atoms with Crippen molar-refractivity contribution < 1.29 is 10.2 Å². The van der Waals surface area contributed by atoms with E-state index in [-0.39, 0.29) is 12.4 Å². The molecule has 0 heterocycles. The number of hydrogen-bond donors (Lipinski definition) is 3. The van der Waals surface area contributed by atoms with Gasteiger partial charge in [0.15, 0.2) is 0 Å². The molecule has 0 fully saturated rings. The molecule has 1 aromatic carbocycles. The molecule has 0 aliphatic rings. The molecule has 1 rings (SSSR count). The van der Waals surface area contributed by atoms with Gasteiger partial charge in [-0.1, -0.05) is 0 Å². The Bertz CT molecular complexity index is 261. The molecule has 0 aromatic heterocycles. The van der Waals surface area contributed by atoms with Crippen LogP contribution in [0.1, 0.15) is 5.56 Å². The van der Waals surface area contributed by atoms with Gasteiger partial charge in [0.05, 0.1) is 6.61 Å². The van der Waals surface area contributed by atoms with Gasteiger partial charge in [0.1, 0.15) is 5.75 Å². The molecule has 1 aromatic rings. The van der Waals surface area contributed by atoms with Crippen LogP contribution in [-0.4, -0.2) is 23.4 Å². The van der Waals surface area contributed by atoms with Gasteiger partial charge in [0, 0.05) is 12.2 Å². The SMILES string of the molecule is Cc1cc(O)ccc1NCCO. The molecule has 0 amide bonds. The van der Waals surface area contributed by atoms with E-state index in [2.05, 4.69) is 5.32 Å². The van der Waals surface area contributed by atoms with Gasteiger partial charge >= 0.3 is 0 Å². The van der Waals surface area contributed by atoms with Crippen molar-refractivity contribution in [1.29, 1.82) is 0 Å². The fourth-order valence-corrected chi connectivity index (χ4v) is 1.04. The summed E-state index contributed by atoms with van der Waals surface area (Å²) in [6, 6.07) is 5.09. The summed E-state index contributed by atoms with van der Waals surface area (Å²) in [5, 5.41) is 20.7. The highest BCUT2D eigenvalue weighted by Gasteiger charge is 1.96. The van der Waals surface area contributed by atoms with Crippen molar-refractivity contribution in [3.63, 3.8) is 0 Å². The van der Waals surface area contributed by atoms with E-state index >= 15 is 0 Å². The zero-order chi connectivity index (χ0) is 8.97. The van der Waals surface area contributed by atoms with Crippen molar-refractivity contribution >= 4 is 5.69 Å². The molecule has 0 aliphatic heterocycles. The number of aryl methyl sites for hydroxylation is 1. The molecule has 3 nitrogen and oxygen atoms in total. The molecule has 0 aliphatic carbocycles. The lowest BCUT2D eigenvalue weighted by Gasteiger charge is -2.07. The second-order valence-corrected chi connectivity index (χ2v) is 2.65. The summed E-state index contributed by atoms with van der Waals surface area (Å²) >= 11 is 0. The molecule has 0 radical (unpaired) electrons. The zero-order valence-electron chi connectivity index (χ0n) is 7.04. The third-order valence-corrected chi connectivity index (χ3v) is 1.64. The Morgan fingerprint density at radius 3 is 2.75 bits per heavy atom. The van der Waals surface area contributed by atoms with Gasteiger partial charge in [-0.2, -0.15) is 0 Å². The highest BCUT2D eigenvalue weighted by Crippen LogP contribution is 2.19. The van der Waals surface area contributed by atoms with Crippen molar-refractivity contribution in [2.24, 2.45) is 0 Å². The number of hydrogen-bond acceptors (Lipinski definition) is 3. The average Bonchev–Trinajstić information content (AvgIpc) is 2.03. The van der Waals surface area contributed by atoms with Crippen LogP contribution < -0.4 is 5.32 Å². The van der Waals surface area contributed by atoms with Crippen LogP contribution in [0.4, 0.5) is 5.69 Å². The normalized spacial score (nSPS) is 9.83. The Morgan fingerprint density at radius 1 is 1.42 bits per heavy atom. The summed E-state index contributed by atoms with van der Waals surface area (Å²) in [6.07, 6.45) is 0. The first-order chi connectivity index (χ1) is 5.74. The molecule has 0 bridgehead atoms. The van der Waals surface area contributed by atoms with Crippen molar-refractivity contribution in [1.82, 2.24) is 0 Å². The number of phenolic OH excluding ortho intramolecular Hbond substituents is 1. The van der Waals surface area contributed by atoms with Crippen molar-refractivity contribution in [2.75, 3.05) is 18.5 Å². The van der Waals surface area contributed by atoms with Crippen LogP contribution in [0.3, 0.4) is 0 Å². The van der Waals surface area contributed by atoms with Crippen molar-refractivity contribution in [2.45, 2.75) is 6.92 Å². The summed E-state index contributed by atoms with van der Waals surface area (Å²) < 4.78 is 0. The maximum atomic E-state index is 9.09. The topological polar surface area (TPSA) is 52.5 Å². The summed E-state index contributed by atoms with van der Waals surface area (Å²) in [7, 11) is 0. The van der Waals surface area contributed by atoms with Gasteiger partial charge in [0.2, 0.25) is 0 Å². The van der Waals surface area contributed by atoms with E-state index in [1.165, 1.54) is 0 Å². The van der Waals surface area contributed by atoms with Gasteiger partial charge in [-0.15, -0.1) is 0 Å². The first kappa shape index (κ1) is 8.87. The smallest absolute Gasteiger partial charge is 0.115 e. The Labute approximate surface area is 71.7 Å². The molecule has 0 saturated carbocycles. The first-order valence-electron chi connectivity index (χ1n) is 3.88. The minimum atomic E-state index is 0.111. The number of aromatic hydroxyl groups is 1. The number of nitrogens with one attached hydrogen (secondary N) is 1. The Kier molecular flexibility index (Phi) is 2.94. The molecule has 66 valence electrons. The Balaban J connectivity index is 2.72. The number of anilines is 1. The van der Waals surface area contributed by atoms with Gasteiger partial charge in [-0.25, -0.2) is 0 Å². The van der Waals surface area contributed by atoms with Crippen LogP contribution in [0.15, 0.2) is 18.2 Å². The highest BCUT2D eigenvalue weighted by molar-refractivity contribution is 5.53. The zero-order valence-corrected chi connectivity index (χ0v) is 7.04. The number of aliphatic hydroxyl groups is 1. The van der Waals surface area contributed by atoms with E-state index in [0.29, 0.717) is 6.54 Å². The van der Waals surface area contributed by atoms with Gasteiger partial charge < -0.3 is 15.5 Å². The number of aliphatic hydroxyl groups excluding tert-OH is 1. The van der Waals surface area contributed by atoms with E-state index in [1.54, 1.807) is 18.2 Å². The van der Waals surface area contributed by atoms with Crippen LogP contribution >= 0.6 is 0 Å². The number of benzene rings is 1. The second-order valence-electron chi connectivity index (χ2n) is 2.65. The average molecular weight is 167 g/mol. The molecule has 0 saturated heterocycles. The first-order valence-corrected chi connectivity index (χ1v) is 3.88. The monoisotopic (exact) mass is 167 g/mol. The predicted octanol–water partition coefficient (Wildman–Crippen LogP) is 1.10. The third-order valence-electron chi connectivity index (χ3n) is 1.64. The van der Waals surface area contributed by atoms with E-state index in [4.69, 9.17) is 10.2 Å². The van der Waals surface area contributed by atoms with Crippen LogP contribution in [0.25, 0.3) is 0 Å². The van der Waals surface area contributed by atoms with Gasteiger partial charge in [-0.05, 0) is 30.7 Å². The molecule has 0 spiro atoms. The van der Waals surface area contributed by atoms with Crippen LogP contribution in [0.2, 0.25) is 0 Å². The number of phenols is 1. The lowest BCUT2D eigenvalue weighted by atomic mass is 10.2. The van der Waals surface area contributed by atoms with E-state index in [9.17, 15) is 0 Å². The van der Waals surface area contributed by atoms with Gasteiger partial charge in [-0.3, -0.25) is 0 Å². The van der Waals surface area contributed by atoms with E-state index in [1.807, 2.05) is 6.92 Å². The summed E-state index contributed by atoms with van der Waals surface area (Å²) in [6.45, 7) is 2.55. The van der Waals surface area contributed by atoms with E-state index in [0.717, 1.165) is 11.3 Å². The summed E-state index contributed by atoms with van der Waals surface area (Å²) in [5.41, 5.74) is 1.92.